The first-order valence-corrected chi connectivity index (χ1v) is 7.97. The topological polar surface area (TPSA) is 96.5 Å². The van der Waals surface area contributed by atoms with Crippen molar-refractivity contribution in [2.24, 2.45) is 0 Å². The Hall–Kier alpha value is -3.56. The average Bonchev–Trinajstić information content (AvgIpc) is 2.65. The number of carbonyl (C=O) groups is 3. The Morgan fingerprint density at radius 1 is 0.893 bits per heavy atom. The number of carbonyl (C=O) groups excluding carboxylic acids is 3. The Morgan fingerprint density at radius 3 is 2.32 bits per heavy atom. The zero-order valence-electron chi connectivity index (χ0n) is 14.6. The summed E-state index contributed by atoms with van der Waals surface area (Å²) in [6, 6.07) is 7.94. The van der Waals surface area contributed by atoms with Crippen molar-refractivity contribution in [1.29, 1.82) is 0 Å². The van der Waals surface area contributed by atoms with E-state index in [9.17, 15) is 27.6 Å². The maximum Gasteiger partial charge on any atom is 0.258 e. The highest BCUT2D eigenvalue weighted by Crippen LogP contribution is 2.23. The molecule has 2 rings (SSSR count). The number of hydrogen-bond acceptors (Lipinski definition) is 4. The largest absolute Gasteiger partial charge is 0.482 e. The molecule has 7 nitrogen and oxygen atoms in total. The van der Waals surface area contributed by atoms with Crippen molar-refractivity contribution in [1.82, 2.24) is 5.32 Å². The number of halogens is 3. The number of anilines is 2. The maximum absolute atomic E-state index is 13.5. The molecular formula is C18H16F3N3O4. The van der Waals surface area contributed by atoms with Gasteiger partial charge in [0.2, 0.25) is 11.8 Å². The predicted octanol–water partition coefficient (Wildman–Crippen LogP) is 2.20. The highest BCUT2D eigenvalue weighted by atomic mass is 19.2. The Balaban J connectivity index is 1.84. The molecule has 0 unspecified atom stereocenters. The third kappa shape index (κ3) is 5.73. The third-order valence-corrected chi connectivity index (χ3v) is 3.31. The van der Waals surface area contributed by atoms with Crippen LogP contribution in [0, 0.1) is 17.5 Å². The van der Waals surface area contributed by atoms with Crippen LogP contribution in [0.5, 0.6) is 5.75 Å². The molecule has 0 bridgehead atoms. The second-order valence-corrected chi connectivity index (χ2v) is 5.51. The molecule has 0 saturated carbocycles. The molecule has 0 aromatic heterocycles. The van der Waals surface area contributed by atoms with Crippen LogP contribution in [0.3, 0.4) is 0 Å². The lowest BCUT2D eigenvalue weighted by Gasteiger charge is -2.12. The van der Waals surface area contributed by atoms with E-state index < -0.39 is 48.1 Å². The van der Waals surface area contributed by atoms with Crippen molar-refractivity contribution in [3.8, 4) is 5.75 Å². The van der Waals surface area contributed by atoms with Gasteiger partial charge in [0.15, 0.2) is 24.1 Å². The van der Waals surface area contributed by atoms with Crippen LogP contribution in [0.4, 0.5) is 24.5 Å². The van der Waals surface area contributed by atoms with Gasteiger partial charge in [-0.2, -0.15) is 0 Å². The van der Waals surface area contributed by atoms with E-state index >= 15 is 0 Å². The summed E-state index contributed by atoms with van der Waals surface area (Å²) in [4.78, 5) is 34.6. The SMILES string of the molecule is CC(=O)Nc1ccccc1OCC(=O)NCC(=O)Nc1ccc(F)c(F)c1F. The van der Waals surface area contributed by atoms with Crippen molar-refractivity contribution in [3.05, 3.63) is 53.8 Å². The molecule has 2 aromatic carbocycles. The summed E-state index contributed by atoms with van der Waals surface area (Å²) in [7, 11) is 0. The van der Waals surface area contributed by atoms with E-state index in [0.29, 0.717) is 11.8 Å². The Morgan fingerprint density at radius 2 is 1.61 bits per heavy atom. The molecule has 2 aromatic rings. The molecule has 10 heteroatoms. The first kappa shape index (κ1) is 20.7. The van der Waals surface area contributed by atoms with Gasteiger partial charge in [0.05, 0.1) is 17.9 Å². The summed E-state index contributed by atoms with van der Waals surface area (Å²) in [5.41, 5.74) is -0.187. The van der Waals surface area contributed by atoms with Crippen molar-refractivity contribution >= 4 is 29.1 Å². The van der Waals surface area contributed by atoms with E-state index in [2.05, 4.69) is 10.6 Å². The molecule has 3 amide bonds. The number of ether oxygens (including phenoxy) is 1. The van der Waals surface area contributed by atoms with Crippen LogP contribution in [-0.4, -0.2) is 30.9 Å². The van der Waals surface area contributed by atoms with Crippen LogP contribution >= 0.6 is 0 Å². The Labute approximate surface area is 157 Å². The van der Waals surface area contributed by atoms with Crippen LogP contribution in [-0.2, 0) is 14.4 Å². The number of nitrogens with one attached hydrogen (secondary N) is 3. The Kier molecular flexibility index (Phi) is 6.96. The van der Waals surface area contributed by atoms with Gasteiger partial charge in [0.25, 0.3) is 5.91 Å². The second-order valence-electron chi connectivity index (χ2n) is 5.51. The quantitative estimate of drug-likeness (QED) is 0.627. The number of rotatable bonds is 7. The number of amides is 3. The fourth-order valence-electron chi connectivity index (χ4n) is 2.08. The highest BCUT2D eigenvalue weighted by molar-refractivity contribution is 5.95. The fraction of sp³-hybridized carbons (Fsp3) is 0.167. The number of benzene rings is 2. The summed E-state index contributed by atoms with van der Waals surface area (Å²) in [5.74, 6) is -6.23. The van der Waals surface area contributed by atoms with Crippen molar-refractivity contribution in [2.45, 2.75) is 6.92 Å². The summed E-state index contributed by atoms with van der Waals surface area (Å²) < 4.78 is 44.7. The van der Waals surface area contributed by atoms with Gasteiger partial charge >= 0.3 is 0 Å². The first-order valence-electron chi connectivity index (χ1n) is 7.97. The lowest BCUT2D eigenvalue weighted by molar-refractivity contribution is -0.125. The summed E-state index contributed by atoms with van der Waals surface area (Å²) >= 11 is 0. The molecule has 0 aliphatic heterocycles. The lowest BCUT2D eigenvalue weighted by atomic mass is 10.2. The van der Waals surface area contributed by atoms with E-state index in [1.807, 2.05) is 5.32 Å². The minimum absolute atomic E-state index is 0.251. The normalized spacial score (nSPS) is 10.1. The molecule has 0 heterocycles. The smallest absolute Gasteiger partial charge is 0.258 e. The van der Waals surface area contributed by atoms with E-state index in [1.165, 1.54) is 13.0 Å². The van der Waals surface area contributed by atoms with Gasteiger partial charge in [0.1, 0.15) is 5.75 Å². The van der Waals surface area contributed by atoms with Gasteiger partial charge in [-0.05, 0) is 24.3 Å². The third-order valence-electron chi connectivity index (χ3n) is 3.31. The minimum Gasteiger partial charge on any atom is -0.482 e. The van der Waals surface area contributed by atoms with E-state index in [1.54, 1.807) is 18.2 Å². The zero-order valence-corrected chi connectivity index (χ0v) is 14.6. The summed E-state index contributed by atoms with van der Waals surface area (Å²) in [6.45, 7) is 0.315. The highest BCUT2D eigenvalue weighted by Gasteiger charge is 2.15. The summed E-state index contributed by atoms with van der Waals surface area (Å²) in [6.07, 6.45) is 0. The molecule has 0 aliphatic carbocycles. The average molecular weight is 395 g/mol. The molecule has 28 heavy (non-hydrogen) atoms. The molecule has 3 N–H and O–H groups in total. The van der Waals surface area contributed by atoms with Crippen LogP contribution in [0.25, 0.3) is 0 Å². The molecule has 0 aliphatic rings. The molecule has 0 fully saturated rings. The standard InChI is InChI=1S/C18H16F3N3O4/c1-10(25)23-12-4-2-3-5-14(12)28-9-16(27)22-8-15(26)24-13-7-6-11(19)17(20)18(13)21/h2-7H,8-9H2,1H3,(H,22,27)(H,23,25)(H,24,26). The van der Waals surface area contributed by atoms with Crippen LogP contribution in [0.15, 0.2) is 36.4 Å². The van der Waals surface area contributed by atoms with Gasteiger partial charge in [0, 0.05) is 6.92 Å². The summed E-state index contributed by atoms with van der Waals surface area (Å²) in [5, 5.41) is 6.78. The van der Waals surface area contributed by atoms with Gasteiger partial charge in [-0.25, -0.2) is 13.2 Å². The molecule has 0 saturated heterocycles. The van der Waals surface area contributed by atoms with E-state index in [-0.39, 0.29) is 11.7 Å². The lowest BCUT2D eigenvalue weighted by Crippen LogP contribution is -2.36. The predicted molar refractivity (Wildman–Crippen MR) is 94.2 cm³/mol. The molecule has 0 atom stereocenters. The molecule has 0 spiro atoms. The maximum atomic E-state index is 13.5. The first-order chi connectivity index (χ1) is 13.3. The van der Waals surface area contributed by atoms with Crippen LogP contribution < -0.4 is 20.7 Å². The van der Waals surface area contributed by atoms with Crippen molar-refractivity contribution in [2.75, 3.05) is 23.8 Å². The van der Waals surface area contributed by atoms with E-state index in [0.717, 1.165) is 6.07 Å². The van der Waals surface area contributed by atoms with Gasteiger partial charge in [-0.3, -0.25) is 14.4 Å². The molecule has 148 valence electrons. The van der Waals surface area contributed by atoms with Crippen molar-refractivity contribution in [3.63, 3.8) is 0 Å². The second kappa shape index (κ2) is 9.40. The van der Waals surface area contributed by atoms with Gasteiger partial charge in [-0.1, -0.05) is 12.1 Å². The zero-order chi connectivity index (χ0) is 20.7. The molecular weight excluding hydrogens is 379 g/mol. The van der Waals surface area contributed by atoms with E-state index in [4.69, 9.17) is 4.74 Å². The van der Waals surface area contributed by atoms with Gasteiger partial charge < -0.3 is 20.7 Å². The number of hydrogen-bond donors (Lipinski definition) is 3. The van der Waals surface area contributed by atoms with Crippen LogP contribution in [0.1, 0.15) is 6.92 Å². The minimum atomic E-state index is -1.71. The molecule has 0 radical (unpaired) electrons. The van der Waals surface area contributed by atoms with Gasteiger partial charge in [-0.15, -0.1) is 0 Å². The monoisotopic (exact) mass is 395 g/mol. The van der Waals surface area contributed by atoms with Crippen molar-refractivity contribution < 1.29 is 32.3 Å². The van der Waals surface area contributed by atoms with Crippen LogP contribution in [0.2, 0.25) is 0 Å². The fourth-order valence-corrected chi connectivity index (χ4v) is 2.08. The Bertz CT molecular complexity index is 906. The number of para-hydroxylation sites is 2.